The zero-order chi connectivity index (χ0) is 9.56. The van der Waals surface area contributed by atoms with E-state index in [2.05, 4.69) is 0 Å². The molecule has 0 aliphatic heterocycles. The summed E-state index contributed by atoms with van der Waals surface area (Å²) < 4.78 is 5.04. The molecule has 0 aliphatic carbocycles. The molecule has 0 saturated carbocycles. The Bertz CT molecular complexity index is 134. The van der Waals surface area contributed by atoms with Crippen molar-refractivity contribution in [2.24, 2.45) is 5.92 Å². The first-order valence-corrected chi connectivity index (χ1v) is 4.43. The van der Waals surface area contributed by atoms with Gasteiger partial charge in [0.2, 0.25) is 0 Å². The molecule has 3 nitrogen and oxygen atoms in total. The van der Waals surface area contributed by atoms with Gasteiger partial charge < -0.3 is 9.84 Å². The Kier molecular flexibility index (Phi) is 5.72. The van der Waals surface area contributed by atoms with Gasteiger partial charge in [0.25, 0.3) is 0 Å². The fourth-order valence-electron chi connectivity index (χ4n) is 0.722. The first-order chi connectivity index (χ1) is 5.61. The van der Waals surface area contributed by atoms with Gasteiger partial charge in [0, 0.05) is 13.0 Å². The summed E-state index contributed by atoms with van der Waals surface area (Å²) in [6, 6.07) is 0. The van der Waals surface area contributed by atoms with E-state index in [4.69, 9.17) is 9.84 Å². The van der Waals surface area contributed by atoms with E-state index in [1.165, 1.54) is 0 Å². The topological polar surface area (TPSA) is 46.5 Å². The Morgan fingerprint density at radius 2 is 2.08 bits per heavy atom. The second kappa shape index (κ2) is 6.00. The zero-order valence-corrected chi connectivity index (χ0v) is 8.04. The molecule has 0 heterocycles. The molecule has 0 amide bonds. The van der Waals surface area contributed by atoms with E-state index in [0.29, 0.717) is 6.42 Å². The van der Waals surface area contributed by atoms with Crippen molar-refractivity contribution < 1.29 is 14.6 Å². The molecule has 0 aromatic rings. The molecule has 0 aliphatic rings. The number of rotatable bonds is 5. The van der Waals surface area contributed by atoms with Crippen molar-refractivity contribution in [3.63, 3.8) is 0 Å². The average Bonchev–Trinajstić information content (AvgIpc) is 2.03. The van der Waals surface area contributed by atoms with Crippen molar-refractivity contribution in [2.45, 2.75) is 39.7 Å². The molecule has 0 fully saturated rings. The number of aliphatic hydroxyl groups is 1. The van der Waals surface area contributed by atoms with E-state index in [9.17, 15) is 4.79 Å². The summed E-state index contributed by atoms with van der Waals surface area (Å²) in [7, 11) is 0. The van der Waals surface area contributed by atoms with Crippen LogP contribution in [0.2, 0.25) is 0 Å². The number of esters is 1. The van der Waals surface area contributed by atoms with E-state index in [1.807, 2.05) is 13.8 Å². The van der Waals surface area contributed by atoms with E-state index in [0.717, 1.165) is 6.42 Å². The van der Waals surface area contributed by atoms with Crippen LogP contribution >= 0.6 is 0 Å². The van der Waals surface area contributed by atoms with Crippen LogP contribution in [0.4, 0.5) is 0 Å². The Balaban J connectivity index is 3.67. The second-order valence-corrected chi connectivity index (χ2v) is 3.07. The van der Waals surface area contributed by atoms with Crippen LogP contribution < -0.4 is 0 Å². The summed E-state index contributed by atoms with van der Waals surface area (Å²) in [5.74, 6) is -0.204. The van der Waals surface area contributed by atoms with Gasteiger partial charge in [-0.3, -0.25) is 4.79 Å². The number of hydrogen-bond donors (Lipinski definition) is 1. The second-order valence-electron chi connectivity index (χ2n) is 3.07. The molecule has 0 radical (unpaired) electrons. The highest BCUT2D eigenvalue weighted by atomic mass is 16.5. The Morgan fingerprint density at radius 3 is 2.50 bits per heavy atom. The Hall–Kier alpha value is -0.570. The normalized spacial score (nSPS) is 15.3. The average molecular weight is 174 g/mol. The molecule has 0 saturated heterocycles. The van der Waals surface area contributed by atoms with Gasteiger partial charge in [0.15, 0.2) is 0 Å². The predicted octanol–water partition coefficient (Wildman–Crippen LogP) is 1.35. The fourth-order valence-corrected chi connectivity index (χ4v) is 0.722. The lowest BCUT2D eigenvalue weighted by Gasteiger charge is -2.14. The quantitative estimate of drug-likeness (QED) is 0.640. The monoisotopic (exact) mass is 174 g/mol. The highest BCUT2D eigenvalue weighted by Gasteiger charge is 2.14. The maximum absolute atomic E-state index is 11.2. The third kappa shape index (κ3) is 4.34. The number of carbonyl (C=O) groups excluding carboxylic acids is 1. The molecule has 2 atom stereocenters. The standard InChI is InChI=1S/C9H18O3/c1-4-7(2)9(11)12-8(3)5-6-10/h7-8,10H,4-6H2,1-3H3. The molecule has 0 rings (SSSR count). The summed E-state index contributed by atoms with van der Waals surface area (Å²) in [4.78, 5) is 11.2. The molecular formula is C9H18O3. The van der Waals surface area contributed by atoms with Crippen LogP contribution in [0, 0.1) is 5.92 Å². The number of aliphatic hydroxyl groups excluding tert-OH is 1. The van der Waals surface area contributed by atoms with Crippen molar-refractivity contribution in [3.05, 3.63) is 0 Å². The molecule has 0 aromatic heterocycles. The van der Waals surface area contributed by atoms with Gasteiger partial charge in [-0.15, -0.1) is 0 Å². The third-order valence-corrected chi connectivity index (χ3v) is 1.87. The van der Waals surface area contributed by atoms with Gasteiger partial charge in [0.1, 0.15) is 6.10 Å². The molecule has 0 aromatic carbocycles. The summed E-state index contributed by atoms with van der Waals surface area (Å²) >= 11 is 0. The van der Waals surface area contributed by atoms with Crippen molar-refractivity contribution >= 4 is 5.97 Å². The van der Waals surface area contributed by atoms with E-state index in [-0.39, 0.29) is 24.6 Å². The minimum absolute atomic E-state index is 0.0360. The van der Waals surface area contributed by atoms with Gasteiger partial charge >= 0.3 is 5.97 Å². The summed E-state index contributed by atoms with van der Waals surface area (Å²) in [5.41, 5.74) is 0. The van der Waals surface area contributed by atoms with E-state index < -0.39 is 0 Å². The number of carbonyl (C=O) groups is 1. The van der Waals surface area contributed by atoms with Crippen LogP contribution in [0.1, 0.15) is 33.6 Å². The Labute approximate surface area is 73.7 Å². The molecule has 2 unspecified atom stereocenters. The van der Waals surface area contributed by atoms with E-state index >= 15 is 0 Å². The maximum atomic E-state index is 11.2. The van der Waals surface area contributed by atoms with Gasteiger partial charge in [0.05, 0.1) is 5.92 Å². The van der Waals surface area contributed by atoms with Crippen molar-refractivity contribution in [1.82, 2.24) is 0 Å². The SMILES string of the molecule is CCC(C)C(=O)OC(C)CCO. The molecule has 3 heteroatoms. The maximum Gasteiger partial charge on any atom is 0.308 e. The molecular weight excluding hydrogens is 156 g/mol. The predicted molar refractivity (Wildman–Crippen MR) is 46.7 cm³/mol. The smallest absolute Gasteiger partial charge is 0.308 e. The van der Waals surface area contributed by atoms with Crippen LogP contribution in [0.5, 0.6) is 0 Å². The fraction of sp³-hybridized carbons (Fsp3) is 0.889. The molecule has 0 spiro atoms. The minimum Gasteiger partial charge on any atom is -0.462 e. The Morgan fingerprint density at radius 1 is 1.50 bits per heavy atom. The van der Waals surface area contributed by atoms with Gasteiger partial charge in [-0.05, 0) is 13.3 Å². The lowest BCUT2D eigenvalue weighted by atomic mass is 10.1. The van der Waals surface area contributed by atoms with Gasteiger partial charge in [-0.2, -0.15) is 0 Å². The first-order valence-electron chi connectivity index (χ1n) is 4.43. The van der Waals surface area contributed by atoms with Crippen LogP contribution in [-0.4, -0.2) is 23.8 Å². The van der Waals surface area contributed by atoms with Crippen molar-refractivity contribution in [2.75, 3.05) is 6.61 Å². The minimum atomic E-state index is -0.170. The highest BCUT2D eigenvalue weighted by molar-refractivity contribution is 5.72. The summed E-state index contributed by atoms with van der Waals surface area (Å²) in [6.45, 7) is 5.64. The molecule has 0 bridgehead atoms. The van der Waals surface area contributed by atoms with Crippen LogP contribution in [0.25, 0.3) is 0 Å². The van der Waals surface area contributed by atoms with Crippen LogP contribution in [-0.2, 0) is 9.53 Å². The molecule has 1 N–H and O–H groups in total. The van der Waals surface area contributed by atoms with Gasteiger partial charge in [-0.1, -0.05) is 13.8 Å². The number of hydrogen-bond acceptors (Lipinski definition) is 3. The summed E-state index contributed by atoms with van der Waals surface area (Å²) in [6.07, 6.45) is 1.14. The van der Waals surface area contributed by atoms with Crippen LogP contribution in [0.3, 0.4) is 0 Å². The lowest BCUT2D eigenvalue weighted by molar-refractivity contribution is -0.153. The van der Waals surface area contributed by atoms with Gasteiger partial charge in [-0.25, -0.2) is 0 Å². The summed E-state index contributed by atoms with van der Waals surface area (Å²) in [5, 5.41) is 8.55. The van der Waals surface area contributed by atoms with E-state index in [1.54, 1.807) is 6.92 Å². The lowest BCUT2D eigenvalue weighted by Crippen LogP contribution is -2.21. The number of ether oxygens (including phenoxy) is 1. The van der Waals surface area contributed by atoms with Crippen LogP contribution in [0.15, 0.2) is 0 Å². The molecule has 12 heavy (non-hydrogen) atoms. The largest absolute Gasteiger partial charge is 0.462 e. The highest BCUT2D eigenvalue weighted by Crippen LogP contribution is 2.06. The first kappa shape index (κ1) is 11.4. The third-order valence-electron chi connectivity index (χ3n) is 1.87. The zero-order valence-electron chi connectivity index (χ0n) is 8.04. The van der Waals surface area contributed by atoms with Crippen molar-refractivity contribution in [3.8, 4) is 0 Å². The molecule has 72 valence electrons. The van der Waals surface area contributed by atoms with Crippen molar-refractivity contribution in [1.29, 1.82) is 0 Å².